The van der Waals surface area contributed by atoms with Crippen LogP contribution in [0, 0.1) is 11.6 Å². The normalized spacial score (nSPS) is 11.8. The Morgan fingerprint density at radius 1 is 1.00 bits per heavy atom. The maximum atomic E-state index is 14.0. The van der Waals surface area contributed by atoms with E-state index in [0.29, 0.717) is 24.0 Å². The fourth-order valence-electron chi connectivity index (χ4n) is 3.44. The Labute approximate surface area is 206 Å². The molecular weight excluding hydrogens is 470 g/mol. The molecule has 0 radical (unpaired) electrons. The van der Waals surface area contributed by atoms with Gasteiger partial charge in [-0.15, -0.1) is 10.2 Å². The molecular formula is C26H24F2N4O2S. The lowest BCUT2D eigenvalue weighted by molar-refractivity contribution is -0.115. The van der Waals surface area contributed by atoms with E-state index >= 15 is 0 Å². The van der Waals surface area contributed by atoms with Crippen LogP contribution < -0.4 is 10.1 Å². The molecule has 0 fully saturated rings. The number of halogens is 2. The van der Waals surface area contributed by atoms with Gasteiger partial charge in [0.25, 0.3) is 0 Å². The summed E-state index contributed by atoms with van der Waals surface area (Å²) in [6.07, 6.45) is 0.530. The highest BCUT2D eigenvalue weighted by atomic mass is 32.2. The molecule has 0 saturated carbocycles. The summed E-state index contributed by atoms with van der Waals surface area (Å²) in [6.45, 7) is 4.12. The van der Waals surface area contributed by atoms with E-state index in [1.54, 1.807) is 6.92 Å². The van der Waals surface area contributed by atoms with Gasteiger partial charge in [0.05, 0.1) is 11.9 Å². The van der Waals surface area contributed by atoms with Crippen LogP contribution in [-0.4, -0.2) is 32.5 Å². The molecule has 35 heavy (non-hydrogen) atoms. The Balaban J connectivity index is 1.61. The van der Waals surface area contributed by atoms with Crippen LogP contribution in [0.15, 0.2) is 78.0 Å². The zero-order valence-corrected chi connectivity index (χ0v) is 20.1. The third-order valence-corrected chi connectivity index (χ3v) is 6.22. The maximum absolute atomic E-state index is 14.0. The summed E-state index contributed by atoms with van der Waals surface area (Å²) in [5.74, 6) is -0.792. The number of nitrogens with one attached hydrogen (secondary N) is 1. The molecule has 9 heteroatoms. The quantitative estimate of drug-likeness (QED) is 0.304. The van der Waals surface area contributed by atoms with Crippen LogP contribution in [0.3, 0.4) is 0 Å². The maximum Gasteiger partial charge on any atom is 0.237 e. The number of hydrogen-bond donors (Lipinski definition) is 1. The van der Waals surface area contributed by atoms with E-state index in [0.717, 1.165) is 40.9 Å². The second kappa shape index (κ2) is 11.1. The van der Waals surface area contributed by atoms with Gasteiger partial charge in [0.15, 0.2) is 5.16 Å². The fourth-order valence-corrected chi connectivity index (χ4v) is 4.33. The molecule has 1 atom stereocenters. The van der Waals surface area contributed by atoms with E-state index in [4.69, 9.17) is 4.74 Å². The Kier molecular flexibility index (Phi) is 7.77. The van der Waals surface area contributed by atoms with Crippen molar-refractivity contribution in [2.45, 2.75) is 30.7 Å². The Morgan fingerprint density at radius 2 is 1.69 bits per heavy atom. The molecule has 4 aromatic rings. The van der Waals surface area contributed by atoms with Crippen molar-refractivity contribution in [1.82, 2.24) is 14.8 Å². The summed E-state index contributed by atoms with van der Waals surface area (Å²) >= 11 is 1.15. The van der Waals surface area contributed by atoms with E-state index in [-0.39, 0.29) is 0 Å². The number of amides is 1. The second-order valence-corrected chi connectivity index (χ2v) is 8.98. The molecule has 4 rings (SSSR count). The number of hydrogen-bond acceptors (Lipinski definition) is 5. The number of rotatable bonds is 9. The molecule has 1 aromatic heterocycles. The molecule has 180 valence electrons. The minimum Gasteiger partial charge on any atom is -0.494 e. The average molecular weight is 495 g/mol. The second-order valence-electron chi connectivity index (χ2n) is 7.67. The van der Waals surface area contributed by atoms with Gasteiger partial charge in [0.1, 0.15) is 28.9 Å². The van der Waals surface area contributed by atoms with Crippen LogP contribution >= 0.6 is 11.8 Å². The Bertz CT molecular complexity index is 1280. The van der Waals surface area contributed by atoms with Gasteiger partial charge in [-0.25, -0.2) is 8.78 Å². The zero-order chi connectivity index (χ0) is 24.8. The van der Waals surface area contributed by atoms with Gasteiger partial charge in [-0.3, -0.25) is 9.36 Å². The van der Waals surface area contributed by atoms with E-state index < -0.39 is 28.5 Å². The van der Waals surface area contributed by atoms with Crippen LogP contribution in [0.25, 0.3) is 5.69 Å². The number of carbonyl (C=O) groups is 1. The zero-order valence-electron chi connectivity index (χ0n) is 19.2. The van der Waals surface area contributed by atoms with Crippen LogP contribution in [-0.2, 0) is 11.2 Å². The van der Waals surface area contributed by atoms with Crippen molar-refractivity contribution in [3.63, 3.8) is 0 Å². The summed E-state index contributed by atoms with van der Waals surface area (Å²) in [6, 6.07) is 20.8. The van der Waals surface area contributed by atoms with E-state index in [2.05, 4.69) is 15.5 Å². The molecule has 0 saturated heterocycles. The van der Waals surface area contributed by atoms with Crippen molar-refractivity contribution in [2.24, 2.45) is 0 Å². The van der Waals surface area contributed by atoms with Gasteiger partial charge in [-0.05, 0) is 55.8 Å². The SMILES string of the molecule is CCOc1ccc(-n2c(Cc3ccccc3)nnc2SC(C)C(=O)Nc2c(F)cccc2F)cc1. The van der Waals surface area contributed by atoms with Gasteiger partial charge in [0.2, 0.25) is 5.91 Å². The Morgan fingerprint density at radius 3 is 2.34 bits per heavy atom. The monoisotopic (exact) mass is 494 g/mol. The van der Waals surface area contributed by atoms with Crippen LogP contribution in [0.1, 0.15) is 25.2 Å². The first-order chi connectivity index (χ1) is 17.0. The van der Waals surface area contributed by atoms with Crippen LogP contribution in [0.5, 0.6) is 5.75 Å². The lowest BCUT2D eigenvalue weighted by Gasteiger charge is -2.15. The molecule has 1 amide bonds. The van der Waals surface area contributed by atoms with E-state index in [1.165, 1.54) is 6.07 Å². The number of anilines is 1. The number of aromatic nitrogens is 3. The predicted octanol–water partition coefficient (Wildman–Crippen LogP) is 5.65. The van der Waals surface area contributed by atoms with Crippen molar-refractivity contribution in [3.05, 3.63) is 95.8 Å². The summed E-state index contributed by atoms with van der Waals surface area (Å²) in [5, 5.41) is 10.8. The fraction of sp³-hybridized carbons (Fsp3) is 0.192. The first kappa shape index (κ1) is 24.4. The number of ether oxygens (including phenoxy) is 1. The first-order valence-corrected chi connectivity index (χ1v) is 12.0. The highest BCUT2D eigenvalue weighted by Gasteiger charge is 2.23. The van der Waals surface area contributed by atoms with Crippen LogP contribution in [0.2, 0.25) is 0 Å². The third-order valence-electron chi connectivity index (χ3n) is 5.17. The predicted molar refractivity (Wildman–Crippen MR) is 132 cm³/mol. The van der Waals surface area contributed by atoms with Gasteiger partial charge < -0.3 is 10.1 Å². The Hall–Kier alpha value is -3.72. The molecule has 6 nitrogen and oxygen atoms in total. The third kappa shape index (κ3) is 5.86. The van der Waals surface area contributed by atoms with E-state index in [1.807, 2.05) is 66.1 Å². The van der Waals surface area contributed by atoms with Crippen molar-refractivity contribution < 1.29 is 18.3 Å². The molecule has 0 aliphatic carbocycles. The first-order valence-electron chi connectivity index (χ1n) is 11.1. The van der Waals surface area contributed by atoms with E-state index in [9.17, 15) is 13.6 Å². The summed E-state index contributed by atoms with van der Waals surface area (Å²) in [7, 11) is 0. The van der Waals surface area contributed by atoms with Gasteiger partial charge in [0, 0.05) is 12.1 Å². The minimum atomic E-state index is -0.835. The lowest BCUT2D eigenvalue weighted by Crippen LogP contribution is -2.24. The largest absolute Gasteiger partial charge is 0.494 e. The summed E-state index contributed by atoms with van der Waals surface area (Å²) in [4.78, 5) is 12.7. The van der Waals surface area contributed by atoms with Gasteiger partial charge >= 0.3 is 0 Å². The van der Waals surface area contributed by atoms with Crippen LogP contribution in [0.4, 0.5) is 14.5 Å². The molecule has 3 aromatic carbocycles. The number of para-hydroxylation sites is 1. The smallest absolute Gasteiger partial charge is 0.237 e. The van der Waals surface area contributed by atoms with Crippen molar-refractivity contribution in [1.29, 1.82) is 0 Å². The minimum absolute atomic E-state index is 0.470. The molecule has 0 bridgehead atoms. The van der Waals surface area contributed by atoms with Gasteiger partial charge in [-0.2, -0.15) is 0 Å². The van der Waals surface area contributed by atoms with Crippen molar-refractivity contribution in [2.75, 3.05) is 11.9 Å². The average Bonchev–Trinajstić information content (AvgIpc) is 3.24. The molecule has 1 unspecified atom stereocenters. The highest BCUT2D eigenvalue weighted by molar-refractivity contribution is 8.00. The molecule has 0 aliphatic heterocycles. The molecule has 0 aliphatic rings. The van der Waals surface area contributed by atoms with Crippen molar-refractivity contribution >= 4 is 23.4 Å². The number of benzene rings is 3. The number of thioether (sulfide) groups is 1. The lowest BCUT2D eigenvalue weighted by atomic mass is 10.1. The number of carbonyl (C=O) groups excluding carboxylic acids is 1. The van der Waals surface area contributed by atoms with Crippen molar-refractivity contribution in [3.8, 4) is 11.4 Å². The highest BCUT2D eigenvalue weighted by Crippen LogP contribution is 2.29. The molecule has 1 heterocycles. The topological polar surface area (TPSA) is 69.0 Å². The standard InChI is InChI=1S/C26H24F2N4O2S/c1-3-34-20-14-12-19(13-15-20)32-23(16-18-8-5-4-6-9-18)30-31-26(32)35-17(2)25(33)29-24-21(27)10-7-11-22(24)28/h4-15,17H,3,16H2,1-2H3,(H,29,33). The summed E-state index contributed by atoms with van der Waals surface area (Å²) < 4.78 is 35.4. The number of nitrogens with zero attached hydrogens (tertiary/aromatic N) is 3. The summed E-state index contributed by atoms with van der Waals surface area (Å²) in [5.41, 5.74) is 1.40. The van der Waals surface area contributed by atoms with Gasteiger partial charge in [-0.1, -0.05) is 48.2 Å². The molecule has 1 N–H and O–H groups in total. The molecule has 0 spiro atoms.